The minimum absolute atomic E-state index is 0.161. The summed E-state index contributed by atoms with van der Waals surface area (Å²) in [5.41, 5.74) is 2.10. The van der Waals surface area contributed by atoms with Crippen molar-refractivity contribution in [2.24, 2.45) is 0 Å². The van der Waals surface area contributed by atoms with Gasteiger partial charge in [-0.2, -0.15) is 4.72 Å². The molecule has 0 aliphatic carbocycles. The summed E-state index contributed by atoms with van der Waals surface area (Å²) in [6.45, 7) is 1.90. The number of aryl methyl sites for hydroxylation is 1. The molecule has 0 bridgehead atoms. The Balaban J connectivity index is 2.18. The minimum Gasteiger partial charge on any atom is -0.496 e. The molecule has 5 nitrogen and oxygen atoms in total. The van der Waals surface area contributed by atoms with Crippen LogP contribution in [0.25, 0.3) is 0 Å². The average Bonchev–Trinajstić information content (AvgIpc) is 2.72. The molecule has 7 heteroatoms. The fourth-order valence-corrected chi connectivity index (χ4v) is 4.52. The summed E-state index contributed by atoms with van der Waals surface area (Å²) in [6.07, 6.45) is 0. The van der Waals surface area contributed by atoms with Crippen molar-refractivity contribution in [3.05, 3.63) is 88.4 Å². The first-order valence-electron chi connectivity index (χ1n) is 8.91. The van der Waals surface area contributed by atoms with Crippen LogP contribution in [0.4, 0.5) is 0 Å². The highest BCUT2D eigenvalue weighted by Gasteiger charge is 2.29. The van der Waals surface area contributed by atoms with Crippen LogP contribution >= 0.6 is 11.6 Å². The maximum absolute atomic E-state index is 13.2. The van der Waals surface area contributed by atoms with E-state index < -0.39 is 16.1 Å². The zero-order valence-corrected chi connectivity index (χ0v) is 17.9. The predicted octanol–water partition coefficient (Wildman–Crippen LogP) is 4.73. The maximum atomic E-state index is 13.2. The lowest BCUT2D eigenvalue weighted by molar-refractivity contribution is 0.380. The summed E-state index contributed by atoms with van der Waals surface area (Å²) in [7, 11) is -0.811. The van der Waals surface area contributed by atoms with Crippen molar-refractivity contribution in [3.8, 4) is 11.5 Å². The van der Waals surface area contributed by atoms with Gasteiger partial charge >= 0.3 is 0 Å². The Morgan fingerprint density at radius 1 is 0.862 bits per heavy atom. The van der Waals surface area contributed by atoms with Crippen LogP contribution < -0.4 is 14.2 Å². The summed E-state index contributed by atoms with van der Waals surface area (Å²) in [5.74, 6) is 0.974. The highest BCUT2D eigenvalue weighted by atomic mass is 35.5. The Bertz CT molecular complexity index is 1080. The summed E-state index contributed by atoms with van der Waals surface area (Å²) in [6, 6.07) is 18.2. The second-order valence-corrected chi connectivity index (χ2v) is 8.59. The maximum Gasteiger partial charge on any atom is 0.241 e. The number of ether oxygens (including phenoxy) is 2. The monoisotopic (exact) mass is 431 g/mol. The third-order valence-corrected chi connectivity index (χ3v) is 6.36. The van der Waals surface area contributed by atoms with Gasteiger partial charge in [0.25, 0.3) is 0 Å². The molecule has 1 N–H and O–H groups in total. The van der Waals surface area contributed by atoms with Crippen molar-refractivity contribution in [1.29, 1.82) is 0 Å². The fourth-order valence-electron chi connectivity index (χ4n) is 3.09. The van der Waals surface area contributed by atoms with Gasteiger partial charge in [0.05, 0.1) is 30.7 Å². The smallest absolute Gasteiger partial charge is 0.241 e. The SMILES string of the molecule is COc1cccc(OC)c1C(NS(=O)(=O)c1ccc(C)cc1)c1ccccc1Cl. The van der Waals surface area contributed by atoms with Gasteiger partial charge in [-0.1, -0.05) is 53.6 Å². The van der Waals surface area contributed by atoms with E-state index >= 15 is 0 Å². The van der Waals surface area contributed by atoms with Gasteiger partial charge in [-0.15, -0.1) is 0 Å². The summed E-state index contributed by atoms with van der Waals surface area (Å²) >= 11 is 6.44. The van der Waals surface area contributed by atoms with Crippen LogP contribution in [0.3, 0.4) is 0 Å². The van der Waals surface area contributed by atoms with E-state index in [0.717, 1.165) is 5.56 Å². The highest BCUT2D eigenvalue weighted by Crippen LogP contribution is 2.40. The van der Waals surface area contributed by atoms with Crippen LogP contribution in [0.1, 0.15) is 22.7 Å². The van der Waals surface area contributed by atoms with Crippen molar-refractivity contribution in [3.63, 3.8) is 0 Å². The third kappa shape index (κ3) is 4.56. The molecule has 1 unspecified atom stereocenters. The third-order valence-electron chi connectivity index (χ3n) is 4.58. The zero-order valence-electron chi connectivity index (χ0n) is 16.3. The fraction of sp³-hybridized carbons (Fsp3) is 0.182. The number of rotatable bonds is 7. The van der Waals surface area contributed by atoms with Crippen LogP contribution in [-0.4, -0.2) is 22.6 Å². The molecule has 3 aromatic rings. The zero-order chi connectivity index (χ0) is 21.0. The molecule has 0 spiro atoms. The largest absolute Gasteiger partial charge is 0.496 e. The van der Waals surface area contributed by atoms with E-state index in [9.17, 15) is 8.42 Å². The second kappa shape index (κ2) is 8.86. The molecule has 29 heavy (non-hydrogen) atoms. The molecular formula is C22H22ClNO4S. The molecule has 0 saturated carbocycles. The number of hydrogen-bond donors (Lipinski definition) is 1. The van der Waals surface area contributed by atoms with E-state index in [4.69, 9.17) is 21.1 Å². The van der Waals surface area contributed by atoms with Crippen molar-refractivity contribution in [2.45, 2.75) is 17.9 Å². The Morgan fingerprint density at radius 2 is 1.45 bits per heavy atom. The van der Waals surface area contributed by atoms with E-state index in [1.54, 1.807) is 66.7 Å². The van der Waals surface area contributed by atoms with Crippen molar-refractivity contribution < 1.29 is 17.9 Å². The molecule has 0 fully saturated rings. The van der Waals surface area contributed by atoms with E-state index in [1.165, 1.54) is 14.2 Å². The Morgan fingerprint density at radius 3 is 2.00 bits per heavy atom. The Labute approximate surface area is 176 Å². The van der Waals surface area contributed by atoms with Gasteiger partial charge in [-0.3, -0.25) is 0 Å². The number of halogens is 1. The number of nitrogens with one attached hydrogen (secondary N) is 1. The Hall–Kier alpha value is -2.54. The van der Waals surface area contributed by atoms with Crippen LogP contribution in [0, 0.1) is 6.92 Å². The van der Waals surface area contributed by atoms with Gasteiger partial charge in [0.1, 0.15) is 11.5 Å². The molecule has 152 valence electrons. The number of methoxy groups -OCH3 is 2. The van der Waals surface area contributed by atoms with Gasteiger partial charge < -0.3 is 9.47 Å². The van der Waals surface area contributed by atoms with Crippen LogP contribution in [-0.2, 0) is 10.0 Å². The molecule has 0 aliphatic rings. The molecule has 3 rings (SSSR count). The molecular weight excluding hydrogens is 410 g/mol. The average molecular weight is 432 g/mol. The lowest BCUT2D eigenvalue weighted by atomic mass is 9.97. The summed E-state index contributed by atoms with van der Waals surface area (Å²) in [5, 5.41) is 0.428. The van der Waals surface area contributed by atoms with Crippen LogP contribution in [0.2, 0.25) is 5.02 Å². The normalized spacial score (nSPS) is 12.4. The van der Waals surface area contributed by atoms with E-state index in [-0.39, 0.29) is 4.90 Å². The molecule has 0 aromatic heterocycles. The molecule has 0 radical (unpaired) electrons. The second-order valence-electron chi connectivity index (χ2n) is 6.47. The first kappa shape index (κ1) is 21.2. The van der Waals surface area contributed by atoms with Crippen molar-refractivity contribution in [2.75, 3.05) is 14.2 Å². The van der Waals surface area contributed by atoms with Gasteiger partial charge in [-0.25, -0.2) is 8.42 Å². The molecule has 3 aromatic carbocycles. The number of hydrogen-bond acceptors (Lipinski definition) is 4. The summed E-state index contributed by atoms with van der Waals surface area (Å²) < 4.78 is 40.1. The molecule has 0 saturated heterocycles. The van der Waals surface area contributed by atoms with E-state index in [1.807, 2.05) is 6.92 Å². The minimum atomic E-state index is -3.86. The predicted molar refractivity (Wildman–Crippen MR) is 114 cm³/mol. The van der Waals surface area contributed by atoms with Gasteiger partial charge in [0.2, 0.25) is 10.0 Å². The lowest BCUT2D eigenvalue weighted by Gasteiger charge is -2.24. The van der Waals surface area contributed by atoms with Crippen LogP contribution in [0.15, 0.2) is 71.6 Å². The van der Waals surface area contributed by atoms with Crippen molar-refractivity contribution in [1.82, 2.24) is 4.72 Å². The molecule has 0 aliphatic heterocycles. The summed E-state index contributed by atoms with van der Waals surface area (Å²) in [4.78, 5) is 0.161. The number of sulfonamides is 1. The van der Waals surface area contributed by atoms with Crippen LogP contribution in [0.5, 0.6) is 11.5 Å². The first-order chi connectivity index (χ1) is 13.9. The van der Waals surface area contributed by atoms with Gasteiger partial charge in [0.15, 0.2) is 0 Å². The first-order valence-corrected chi connectivity index (χ1v) is 10.8. The molecule has 0 heterocycles. The highest BCUT2D eigenvalue weighted by molar-refractivity contribution is 7.89. The topological polar surface area (TPSA) is 64.6 Å². The Kier molecular flexibility index (Phi) is 6.47. The van der Waals surface area contributed by atoms with E-state index in [0.29, 0.717) is 27.6 Å². The van der Waals surface area contributed by atoms with Crippen molar-refractivity contribution >= 4 is 21.6 Å². The lowest BCUT2D eigenvalue weighted by Crippen LogP contribution is -2.30. The van der Waals surface area contributed by atoms with E-state index in [2.05, 4.69) is 4.72 Å². The number of benzene rings is 3. The quantitative estimate of drug-likeness (QED) is 0.587. The standard InChI is InChI=1S/C22H22ClNO4S/c1-15-11-13-16(14-12-15)29(25,26)24-22(17-7-4-5-8-18(17)23)21-19(27-2)9-6-10-20(21)28-3/h4-14,22,24H,1-3H3. The van der Waals surface area contributed by atoms with Gasteiger partial charge in [0, 0.05) is 5.02 Å². The van der Waals surface area contributed by atoms with Gasteiger partial charge in [-0.05, 0) is 42.8 Å². The molecule has 1 atom stereocenters. The molecule has 0 amide bonds.